The summed E-state index contributed by atoms with van der Waals surface area (Å²) in [5.41, 5.74) is 9.55. The van der Waals surface area contributed by atoms with Gasteiger partial charge in [0.1, 0.15) is 5.78 Å². The summed E-state index contributed by atoms with van der Waals surface area (Å²) < 4.78 is 0. The van der Waals surface area contributed by atoms with Crippen LogP contribution in [0.2, 0.25) is 0 Å². The van der Waals surface area contributed by atoms with Gasteiger partial charge in [0.15, 0.2) is 0 Å². The maximum atomic E-state index is 14.7. The Balaban J connectivity index is 1.51. The van der Waals surface area contributed by atoms with Crippen molar-refractivity contribution < 1.29 is 4.79 Å². The Hall–Kier alpha value is -3.53. The van der Waals surface area contributed by atoms with E-state index in [0.29, 0.717) is 5.78 Å². The van der Waals surface area contributed by atoms with E-state index in [4.69, 9.17) is 0 Å². The van der Waals surface area contributed by atoms with E-state index in [1.165, 1.54) is 22.3 Å². The van der Waals surface area contributed by atoms with Gasteiger partial charge in [-0.05, 0) is 49.9 Å². The first-order chi connectivity index (χ1) is 18.4. The lowest BCUT2D eigenvalue weighted by Gasteiger charge is -2.52. The Morgan fingerprint density at radius 1 is 0.395 bits per heavy atom. The van der Waals surface area contributed by atoms with E-state index < -0.39 is 0 Å². The number of carbonyl (C=O) groups is 1. The quantitative estimate of drug-likeness (QED) is 0.311. The molecule has 192 valence electrons. The van der Waals surface area contributed by atoms with Gasteiger partial charge in [-0.15, -0.1) is 0 Å². The molecule has 0 unspecified atom stereocenters. The first-order valence-electron chi connectivity index (χ1n) is 13.7. The molecular weight excluding hydrogens is 464 g/mol. The Labute approximate surface area is 226 Å². The third-order valence-corrected chi connectivity index (χ3v) is 8.56. The van der Waals surface area contributed by atoms with Crippen molar-refractivity contribution in [3.63, 3.8) is 0 Å². The molecule has 0 amide bonds. The van der Waals surface area contributed by atoms with E-state index in [-0.39, 0.29) is 36.0 Å². The summed E-state index contributed by atoms with van der Waals surface area (Å²) in [6.45, 7) is 8.44. The molecule has 4 atom stereocenters. The maximum Gasteiger partial charge on any atom is 0.146 e. The van der Waals surface area contributed by atoms with Crippen LogP contribution < -0.4 is 10.6 Å². The predicted octanol–water partition coefficient (Wildman–Crippen LogP) is 7.19. The number of Topliss-reactive ketones (excluding diaryl/α,β-unsaturated/α-hetero) is 1. The Kier molecular flexibility index (Phi) is 6.51. The highest BCUT2D eigenvalue weighted by molar-refractivity contribution is 5.89. The molecule has 2 fully saturated rings. The topological polar surface area (TPSA) is 41.1 Å². The number of nitrogens with one attached hydrogen (secondary N) is 2. The Morgan fingerprint density at radius 2 is 0.605 bits per heavy atom. The van der Waals surface area contributed by atoms with E-state index in [2.05, 4.69) is 135 Å². The molecule has 2 heterocycles. The smallest absolute Gasteiger partial charge is 0.146 e. The molecule has 4 aromatic rings. The number of aryl methyl sites for hydroxylation is 4. The van der Waals surface area contributed by atoms with Crippen LogP contribution in [0.1, 0.15) is 68.7 Å². The number of piperidine rings is 2. The third kappa shape index (κ3) is 4.51. The van der Waals surface area contributed by atoms with E-state index >= 15 is 0 Å². The molecule has 38 heavy (non-hydrogen) atoms. The van der Waals surface area contributed by atoms with Crippen molar-refractivity contribution in [2.24, 2.45) is 11.8 Å². The number of hydrogen-bond acceptors (Lipinski definition) is 3. The SMILES string of the molecule is Cc1ccc([C@H]2N[C@@H](c3ccc(C)cc3)C3C(=O)C2[C@@H](c2ccc(C)cc2)N[C@H]3c2ccc(C)cc2)cc1. The minimum atomic E-state index is -0.214. The van der Waals surface area contributed by atoms with E-state index in [9.17, 15) is 4.79 Å². The summed E-state index contributed by atoms with van der Waals surface area (Å²) >= 11 is 0. The molecule has 0 aliphatic carbocycles. The summed E-state index contributed by atoms with van der Waals surface area (Å²) in [5, 5.41) is 8.04. The maximum absolute atomic E-state index is 14.7. The van der Waals surface area contributed by atoms with Crippen molar-refractivity contribution in [2.75, 3.05) is 0 Å². The molecule has 0 aromatic heterocycles. The normalized spacial score (nSPS) is 26.8. The van der Waals surface area contributed by atoms with Gasteiger partial charge in [-0.25, -0.2) is 0 Å². The average molecular weight is 501 g/mol. The highest BCUT2D eigenvalue weighted by atomic mass is 16.1. The van der Waals surface area contributed by atoms with Crippen molar-refractivity contribution >= 4 is 5.78 Å². The lowest BCUT2D eigenvalue weighted by molar-refractivity contribution is -0.139. The first kappa shape index (κ1) is 24.8. The van der Waals surface area contributed by atoms with Gasteiger partial charge in [-0.1, -0.05) is 119 Å². The van der Waals surface area contributed by atoms with Crippen LogP contribution in [-0.4, -0.2) is 5.78 Å². The van der Waals surface area contributed by atoms with Gasteiger partial charge in [0.05, 0.1) is 11.8 Å². The van der Waals surface area contributed by atoms with Gasteiger partial charge in [0.25, 0.3) is 0 Å². The molecule has 2 bridgehead atoms. The average Bonchev–Trinajstić information content (AvgIpc) is 2.91. The zero-order chi connectivity index (χ0) is 26.4. The Bertz CT molecular complexity index is 1210. The second kappa shape index (κ2) is 9.98. The number of rotatable bonds is 4. The number of carbonyl (C=O) groups excluding carboxylic acids is 1. The van der Waals surface area contributed by atoms with Crippen molar-refractivity contribution in [3.8, 4) is 0 Å². The number of benzene rings is 4. The monoisotopic (exact) mass is 500 g/mol. The predicted molar refractivity (Wildman–Crippen MR) is 154 cm³/mol. The van der Waals surface area contributed by atoms with Crippen LogP contribution in [0, 0.1) is 39.5 Å². The minimum Gasteiger partial charge on any atom is -0.302 e. The standard InChI is InChI=1S/C35H36N2O/c1-21-5-13-25(14-6-21)31-29-32(26-15-7-22(2)8-16-26)37-34(28-19-11-24(4)12-20-28)30(35(29)38)33(36-31)27-17-9-23(3)10-18-27/h5-20,29-34,36-37H,1-4H3/t29?,30?,31-,32-,33+,34+. The van der Waals surface area contributed by atoms with Crippen LogP contribution in [0.15, 0.2) is 97.1 Å². The van der Waals surface area contributed by atoms with Gasteiger partial charge in [0.2, 0.25) is 0 Å². The lowest BCUT2D eigenvalue weighted by Crippen LogP contribution is -2.60. The van der Waals surface area contributed by atoms with E-state index in [0.717, 1.165) is 22.3 Å². The van der Waals surface area contributed by atoms with Crippen LogP contribution >= 0.6 is 0 Å². The van der Waals surface area contributed by atoms with Gasteiger partial charge in [-0.3, -0.25) is 4.79 Å². The summed E-state index contributed by atoms with van der Waals surface area (Å²) in [5.74, 6) is -0.0857. The van der Waals surface area contributed by atoms with Gasteiger partial charge in [-0.2, -0.15) is 0 Å². The Morgan fingerprint density at radius 3 is 0.816 bits per heavy atom. The zero-order valence-corrected chi connectivity index (χ0v) is 22.6. The molecule has 2 N–H and O–H groups in total. The summed E-state index contributed by atoms with van der Waals surface area (Å²) in [6, 6.07) is 34.3. The van der Waals surface area contributed by atoms with Crippen LogP contribution in [0.3, 0.4) is 0 Å². The molecule has 4 aromatic carbocycles. The van der Waals surface area contributed by atoms with Crippen LogP contribution in [0.5, 0.6) is 0 Å². The van der Waals surface area contributed by atoms with E-state index in [1.54, 1.807) is 0 Å². The molecule has 3 heteroatoms. The summed E-state index contributed by atoms with van der Waals surface area (Å²) in [6.07, 6.45) is 0. The number of ketones is 1. The second-order valence-corrected chi connectivity index (χ2v) is 11.3. The van der Waals surface area contributed by atoms with Gasteiger partial charge < -0.3 is 10.6 Å². The van der Waals surface area contributed by atoms with E-state index in [1.807, 2.05) is 0 Å². The number of hydrogen-bond donors (Lipinski definition) is 2. The minimum absolute atomic E-state index is 0.0941. The second-order valence-electron chi connectivity index (χ2n) is 11.3. The van der Waals surface area contributed by atoms with Crippen molar-refractivity contribution in [2.45, 2.75) is 51.9 Å². The molecule has 0 spiro atoms. The third-order valence-electron chi connectivity index (χ3n) is 8.56. The van der Waals surface area contributed by atoms with Gasteiger partial charge >= 0.3 is 0 Å². The molecule has 2 saturated heterocycles. The summed E-state index contributed by atoms with van der Waals surface area (Å²) in [4.78, 5) is 14.7. The van der Waals surface area contributed by atoms with Crippen molar-refractivity contribution in [1.82, 2.24) is 10.6 Å². The van der Waals surface area contributed by atoms with Crippen LogP contribution in [0.4, 0.5) is 0 Å². The van der Waals surface area contributed by atoms with Gasteiger partial charge in [0, 0.05) is 24.2 Å². The number of fused-ring (bicyclic) bond motifs is 2. The molecule has 3 nitrogen and oxygen atoms in total. The molecule has 6 rings (SSSR count). The van der Waals surface area contributed by atoms with Crippen LogP contribution in [0.25, 0.3) is 0 Å². The molecule has 0 radical (unpaired) electrons. The first-order valence-corrected chi connectivity index (χ1v) is 13.7. The van der Waals surface area contributed by atoms with Crippen LogP contribution in [-0.2, 0) is 4.79 Å². The fourth-order valence-electron chi connectivity index (χ4n) is 6.38. The fraction of sp³-hybridized carbons (Fsp3) is 0.286. The zero-order valence-electron chi connectivity index (χ0n) is 22.6. The van der Waals surface area contributed by atoms with Crippen molar-refractivity contribution in [3.05, 3.63) is 142 Å². The van der Waals surface area contributed by atoms with Crippen molar-refractivity contribution in [1.29, 1.82) is 0 Å². The highest BCUT2D eigenvalue weighted by Gasteiger charge is 2.55. The largest absolute Gasteiger partial charge is 0.302 e. The molecule has 2 aliphatic rings. The lowest BCUT2D eigenvalue weighted by atomic mass is 9.64. The fourth-order valence-corrected chi connectivity index (χ4v) is 6.38. The molecule has 2 aliphatic heterocycles. The molecule has 0 saturated carbocycles. The highest BCUT2D eigenvalue weighted by Crippen LogP contribution is 2.52. The molecular formula is C35H36N2O. The summed E-state index contributed by atoms with van der Waals surface area (Å²) in [7, 11) is 0.